The number of rotatable bonds is 7. The number of amides is 1. The van der Waals surface area contributed by atoms with Gasteiger partial charge in [-0.15, -0.1) is 0 Å². The first-order valence-corrected chi connectivity index (χ1v) is 7.84. The van der Waals surface area contributed by atoms with Crippen LogP contribution in [0.1, 0.15) is 46.0 Å². The Morgan fingerprint density at radius 2 is 2.00 bits per heavy atom. The summed E-state index contributed by atoms with van der Waals surface area (Å²) in [4.78, 5) is 12.2. The van der Waals surface area contributed by atoms with Crippen molar-refractivity contribution in [1.29, 1.82) is 0 Å². The van der Waals surface area contributed by atoms with Crippen molar-refractivity contribution in [2.75, 3.05) is 19.3 Å². The van der Waals surface area contributed by atoms with E-state index in [2.05, 4.69) is 25.4 Å². The van der Waals surface area contributed by atoms with Crippen molar-refractivity contribution in [3.8, 4) is 0 Å². The molecule has 0 atom stereocenters. The summed E-state index contributed by atoms with van der Waals surface area (Å²) in [6, 6.07) is 0. The summed E-state index contributed by atoms with van der Waals surface area (Å²) in [6.07, 6.45) is 7.35. The lowest BCUT2D eigenvalue weighted by atomic mass is 9.68. The lowest BCUT2D eigenvalue weighted by molar-refractivity contribution is -0.135. The van der Waals surface area contributed by atoms with Crippen LogP contribution in [0.2, 0.25) is 0 Å². The Kier molecular flexibility index (Phi) is 5.32. The van der Waals surface area contributed by atoms with E-state index >= 15 is 0 Å². The van der Waals surface area contributed by atoms with E-state index in [1.165, 1.54) is 0 Å². The molecule has 0 heterocycles. The van der Waals surface area contributed by atoms with Crippen LogP contribution in [0.15, 0.2) is 0 Å². The van der Waals surface area contributed by atoms with Crippen LogP contribution in [0.3, 0.4) is 0 Å². The molecular formula is C13H26N2OS. The van der Waals surface area contributed by atoms with Gasteiger partial charge in [0, 0.05) is 17.8 Å². The summed E-state index contributed by atoms with van der Waals surface area (Å²) in [7, 11) is 0. The Balaban J connectivity index is 2.52. The highest BCUT2D eigenvalue weighted by Gasteiger charge is 2.43. The standard InChI is InChI=1S/C13H26N2OS/c1-4-13(5-2,17-3)10-15-11(16)12(9-14)7-6-8-12/h4-10,14H2,1-3H3,(H,15,16). The molecule has 0 radical (unpaired) electrons. The first kappa shape index (κ1) is 14.8. The maximum atomic E-state index is 12.2. The van der Waals surface area contributed by atoms with Crippen molar-refractivity contribution >= 4 is 17.7 Å². The van der Waals surface area contributed by atoms with Crippen LogP contribution in [0, 0.1) is 5.41 Å². The van der Waals surface area contributed by atoms with Gasteiger partial charge in [-0.2, -0.15) is 11.8 Å². The van der Waals surface area contributed by atoms with Gasteiger partial charge in [0.1, 0.15) is 0 Å². The highest BCUT2D eigenvalue weighted by atomic mass is 32.2. The Bertz CT molecular complexity index is 246. The molecule has 3 N–H and O–H groups in total. The molecule has 0 aromatic carbocycles. The predicted molar refractivity (Wildman–Crippen MR) is 75.2 cm³/mol. The second-order valence-corrected chi connectivity index (χ2v) is 6.39. The summed E-state index contributed by atoms with van der Waals surface area (Å²) in [6.45, 7) is 5.63. The van der Waals surface area contributed by atoms with Gasteiger partial charge in [0.25, 0.3) is 0 Å². The first-order chi connectivity index (χ1) is 8.08. The normalized spacial score (nSPS) is 18.6. The van der Waals surface area contributed by atoms with Crippen molar-refractivity contribution in [3.63, 3.8) is 0 Å². The van der Waals surface area contributed by atoms with Crippen molar-refractivity contribution in [1.82, 2.24) is 5.32 Å². The van der Waals surface area contributed by atoms with Crippen LogP contribution in [0.4, 0.5) is 0 Å². The van der Waals surface area contributed by atoms with E-state index in [4.69, 9.17) is 5.73 Å². The molecule has 17 heavy (non-hydrogen) atoms. The molecule has 0 aromatic rings. The van der Waals surface area contributed by atoms with Crippen LogP contribution in [0.5, 0.6) is 0 Å². The zero-order chi connectivity index (χ0) is 12.9. The SMILES string of the molecule is CCC(CC)(CNC(=O)C1(CN)CCC1)SC. The van der Waals surface area contributed by atoms with E-state index in [1.807, 2.05) is 11.8 Å². The monoisotopic (exact) mass is 258 g/mol. The fourth-order valence-electron chi connectivity index (χ4n) is 2.42. The number of thioether (sulfide) groups is 1. The minimum atomic E-state index is -0.244. The molecule has 0 aliphatic heterocycles. The smallest absolute Gasteiger partial charge is 0.227 e. The lowest BCUT2D eigenvalue weighted by Gasteiger charge is -2.40. The first-order valence-electron chi connectivity index (χ1n) is 6.61. The van der Waals surface area contributed by atoms with E-state index in [1.54, 1.807) is 0 Å². The van der Waals surface area contributed by atoms with Crippen LogP contribution < -0.4 is 11.1 Å². The molecule has 1 amide bonds. The Hall–Kier alpha value is -0.220. The molecular weight excluding hydrogens is 232 g/mol. The third-order valence-electron chi connectivity index (χ3n) is 4.48. The average Bonchev–Trinajstić information content (AvgIpc) is 2.31. The minimum Gasteiger partial charge on any atom is -0.354 e. The van der Waals surface area contributed by atoms with Crippen LogP contribution >= 0.6 is 11.8 Å². The van der Waals surface area contributed by atoms with Gasteiger partial charge in [-0.05, 0) is 31.9 Å². The molecule has 1 saturated carbocycles. The topological polar surface area (TPSA) is 55.1 Å². The molecule has 1 rings (SSSR count). The third kappa shape index (κ3) is 2.97. The largest absolute Gasteiger partial charge is 0.354 e. The average molecular weight is 258 g/mol. The summed E-state index contributed by atoms with van der Waals surface area (Å²) < 4.78 is 0.190. The van der Waals surface area contributed by atoms with Crippen molar-refractivity contribution in [3.05, 3.63) is 0 Å². The second-order valence-electron chi connectivity index (χ2n) is 5.11. The van der Waals surface area contributed by atoms with Gasteiger partial charge in [-0.3, -0.25) is 4.79 Å². The molecule has 3 nitrogen and oxygen atoms in total. The summed E-state index contributed by atoms with van der Waals surface area (Å²) in [5.74, 6) is 0.173. The van der Waals surface area contributed by atoms with Crippen LogP contribution in [-0.4, -0.2) is 30.0 Å². The summed E-state index contributed by atoms with van der Waals surface area (Å²) in [5.41, 5.74) is 5.50. The Labute approximate surface area is 109 Å². The predicted octanol–water partition coefficient (Wildman–Crippen LogP) is 2.15. The molecule has 1 fully saturated rings. The molecule has 1 aliphatic carbocycles. The van der Waals surface area contributed by atoms with E-state index in [9.17, 15) is 4.79 Å². The summed E-state index contributed by atoms with van der Waals surface area (Å²) >= 11 is 1.86. The molecule has 0 aromatic heterocycles. The number of carbonyl (C=O) groups excluding carboxylic acids is 1. The zero-order valence-electron chi connectivity index (χ0n) is 11.3. The van der Waals surface area contributed by atoms with E-state index in [-0.39, 0.29) is 16.1 Å². The molecule has 0 saturated heterocycles. The highest BCUT2D eigenvalue weighted by molar-refractivity contribution is 8.00. The number of nitrogens with one attached hydrogen (secondary N) is 1. The van der Waals surface area contributed by atoms with Crippen molar-refractivity contribution < 1.29 is 4.79 Å². The fourth-order valence-corrected chi connectivity index (χ4v) is 3.21. The van der Waals surface area contributed by atoms with E-state index < -0.39 is 0 Å². The maximum Gasteiger partial charge on any atom is 0.227 e. The van der Waals surface area contributed by atoms with E-state index in [0.717, 1.165) is 38.6 Å². The van der Waals surface area contributed by atoms with Crippen LogP contribution in [-0.2, 0) is 4.79 Å². The lowest BCUT2D eigenvalue weighted by Crippen LogP contribution is -2.53. The van der Waals surface area contributed by atoms with Gasteiger partial charge in [-0.25, -0.2) is 0 Å². The highest BCUT2D eigenvalue weighted by Crippen LogP contribution is 2.40. The zero-order valence-corrected chi connectivity index (χ0v) is 12.2. The maximum absolute atomic E-state index is 12.2. The molecule has 0 unspecified atom stereocenters. The number of hydrogen-bond donors (Lipinski definition) is 2. The number of carbonyl (C=O) groups is 1. The quantitative estimate of drug-likeness (QED) is 0.736. The van der Waals surface area contributed by atoms with Gasteiger partial charge in [0.05, 0.1) is 5.41 Å². The van der Waals surface area contributed by atoms with Gasteiger partial charge in [0.15, 0.2) is 0 Å². The summed E-state index contributed by atoms with van der Waals surface area (Å²) in [5, 5.41) is 3.13. The number of nitrogens with two attached hydrogens (primary N) is 1. The molecule has 4 heteroatoms. The van der Waals surface area contributed by atoms with Crippen LogP contribution in [0.25, 0.3) is 0 Å². The van der Waals surface area contributed by atoms with Gasteiger partial charge < -0.3 is 11.1 Å². The molecule has 1 aliphatic rings. The molecule has 0 spiro atoms. The Morgan fingerprint density at radius 3 is 2.29 bits per heavy atom. The molecule has 100 valence electrons. The Morgan fingerprint density at radius 1 is 1.41 bits per heavy atom. The minimum absolute atomic E-state index is 0.173. The molecule has 0 bridgehead atoms. The van der Waals surface area contributed by atoms with Crippen molar-refractivity contribution in [2.24, 2.45) is 11.1 Å². The number of hydrogen-bond acceptors (Lipinski definition) is 3. The van der Waals surface area contributed by atoms with Gasteiger partial charge >= 0.3 is 0 Å². The van der Waals surface area contributed by atoms with Gasteiger partial charge in [0.2, 0.25) is 5.91 Å². The van der Waals surface area contributed by atoms with E-state index in [0.29, 0.717) is 6.54 Å². The fraction of sp³-hybridized carbons (Fsp3) is 0.923. The van der Waals surface area contributed by atoms with Crippen molar-refractivity contribution in [2.45, 2.75) is 50.7 Å². The third-order valence-corrected chi connectivity index (χ3v) is 6.06. The second kappa shape index (κ2) is 6.10. The van der Waals surface area contributed by atoms with Gasteiger partial charge in [-0.1, -0.05) is 20.3 Å².